The van der Waals surface area contributed by atoms with E-state index in [1.807, 2.05) is 18.3 Å². The molecule has 3 rings (SSSR count). The lowest BCUT2D eigenvalue weighted by atomic mass is 10.3. The van der Waals surface area contributed by atoms with E-state index in [0.717, 1.165) is 11.6 Å². The van der Waals surface area contributed by atoms with Gasteiger partial charge in [0.15, 0.2) is 5.75 Å². The molecule has 0 unspecified atom stereocenters. The molecule has 3 aromatic rings. The van der Waals surface area contributed by atoms with E-state index in [1.54, 1.807) is 22.8 Å². The van der Waals surface area contributed by atoms with Gasteiger partial charge >= 0.3 is 0 Å². The quantitative estimate of drug-likeness (QED) is 0.705. The Kier molecular flexibility index (Phi) is 1.89. The van der Waals surface area contributed by atoms with Crippen LogP contribution in [0.1, 0.15) is 11.6 Å². The number of nitrogens with zero attached hydrogens (tertiary/aromatic N) is 3. The second kappa shape index (κ2) is 3.37. The fraction of sp³-hybridized carbons (Fsp3) is 0.0909. The molecule has 0 atom stereocenters. The molecule has 0 amide bonds. The molecule has 0 saturated carbocycles. The van der Waals surface area contributed by atoms with Crippen LogP contribution in [0.2, 0.25) is 0 Å². The first-order valence-electron chi connectivity index (χ1n) is 4.88. The number of furan rings is 1. The molecular formula is C11H9N3O2. The van der Waals surface area contributed by atoms with Crippen LogP contribution in [0.15, 0.2) is 41.1 Å². The molecule has 0 radical (unpaired) electrons. The molecule has 1 N–H and O–H groups in total. The van der Waals surface area contributed by atoms with Gasteiger partial charge in [0.25, 0.3) is 0 Å². The van der Waals surface area contributed by atoms with Gasteiger partial charge in [-0.15, -0.1) is 10.2 Å². The lowest BCUT2D eigenvalue weighted by Crippen LogP contribution is -1.94. The Bertz CT molecular complexity index is 613. The minimum Gasteiger partial charge on any atom is -0.504 e. The van der Waals surface area contributed by atoms with Crippen LogP contribution in [-0.2, 0) is 6.42 Å². The first-order valence-corrected chi connectivity index (χ1v) is 4.88. The molecule has 16 heavy (non-hydrogen) atoms. The molecule has 3 heterocycles. The number of aromatic hydroxyl groups is 1. The molecule has 0 aliphatic heterocycles. The molecule has 0 aromatic carbocycles. The van der Waals surface area contributed by atoms with Crippen molar-refractivity contribution in [3.05, 3.63) is 48.3 Å². The summed E-state index contributed by atoms with van der Waals surface area (Å²) in [5.74, 6) is 1.68. The van der Waals surface area contributed by atoms with Crippen molar-refractivity contribution in [3.63, 3.8) is 0 Å². The van der Waals surface area contributed by atoms with Gasteiger partial charge in [0, 0.05) is 6.20 Å². The van der Waals surface area contributed by atoms with Crippen LogP contribution in [-0.4, -0.2) is 19.7 Å². The maximum absolute atomic E-state index is 9.56. The fourth-order valence-electron chi connectivity index (χ4n) is 1.64. The van der Waals surface area contributed by atoms with Crippen molar-refractivity contribution in [2.75, 3.05) is 0 Å². The molecule has 0 aliphatic carbocycles. The van der Waals surface area contributed by atoms with E-state index >= 15 is 0 Å². The van der Waals surface area contributed by atoms with Crippen molar-refractivity contribution in [1.82, 2.24) is 14.6 Å². The van der Waals surface area contributed by atoms with Gasteiger partial charge in [-0.1, -0.05) is 0 Å². The summed E-state index contributed by atoms with van der Waals surface area (Å²) in [6.45, 7) is 0. The van der Waals surface area contributed by atoms with Gasteiger partial charge in [-0.3, -0.25) is 4.40 Å². The van der Waals surface area contributed by atoms with Crippen LogP contribution in [0.4, 0.5) is 0 Å². The maximum Gasteiger partial charge on any atom is 0.203 e. The lowest BCUT2D eigenvalue weighted by Gasteiger charge is -1.98. The molecular weight excluding hydrogens is 206 g/mol. The smallest absolute Gasteiger partial charge is 0.203 e. The molecule has 3 aromatic heterocycles. The maximum atomic E-state index is 9.56. The van der Waals surface area contributed by atoms with E-state index in [9.17, 15) is 5.11 Å². The van der Waals surface area contributed by atoms with Crippen LogP contribution >= 0.6 is 0 Å². The fourth-order valence-corrected chi connectivity index (χ4v) is 1.64. The zero-order chi connectivity index (χ0) is 11.0. The highest BCUT2D eigenvalue weighted by molar-refractivity contribution is 5.52. The van der Waals surface area contributed by atoms with E-state index in [0.29, 0.717) is 12.1 Å². The van der Waals surface area contributed by atoms with Gasteiger partial charge < -0.3 is 9.52 Å². The Morgan fingerprint density at radius 3 is 3.00 bits per heavy atom. The average Bonchev–Trinajstić information content (AvgIpc) is 2.90. The van der Waals surface area contributed by atoms with Gasteiger partial charge in [-0.25, -0.2) is 0 Å². The number of fused-ring (bicyclic) bond motifs is 1. The molecule has 5 nitrogen and oxygen atoms in total. The van der Waals surface area contributed by atoms with Crippen molar-refractivity contribution in [3.8, 4) is 5.75 Å². The largest absolute Gasteiger partial charge is 0.504 e. The summed E-state index contributed by atoms with van der Waals surface area (Å²) in [6.07, 6.45) is 3.99. The number of pyridine rings is 1. The summed E-state index contributed by atoms with van der Waals surface area (Å²) >= 11 is 0. The van der Waals surface area contributed by atoms with Crippen molar-refractivity contribution in [2.45, 2.75) is 6.42 Å². The van der Waals surface area contributed by atoms with Crippen LogP contribution in [0.3, 0.4) is 0 Å². The van der Waals surface area contributed by atoms with E-state index < -0.39 is 0 Å². The molecule has 0 saturated heterocycles. The van der Waals surface area contributed by atoms with Gasteiger partial charge in [0.2, 0.25) is 5.65 Å². The third-order valence-electron chi connectivity index (χ3n) is 2.40. The Hall–Kier alpha value is -2.30. The zero-order valence-electron chi connectivity index (χ0n) is 8.37. The number of aromatic nitrogens is 3. The van der Waals surface area contributed by atoms with E-state index in [1.165, 1.54) is 0 Å². The monoisotopic (exact) mass is 215 g/mol. The minimum absolute atomic E-state index is 0.126. The third kappa shape index (κ3) is 1.33. The Balaban J connectivity index is 2.08. The van der Waals surface area contributed by atoms with Crippen LogP contribution in [0, 0.1) is 0 Å². The van der Waals surface area contributed by atoms with E-state index in [4.69, 9.17) is 4.42 Å². The normalized spacial score (nSPS) is 11.0. The molecule has 0 bridgehead atoms. The summed E-state index contributed by atoms with van der Waals surface area (Å²) in [6, 6.07) is 7.04. The summed E-state index contributed by atoms with van der Waals surface area (Å²) < 4.78 is 6.99. The molecule has 5 heteroatoms. The van der Waals surface area contributed by atoms with Crippen LogP contribution in [0.5, 0.6) is 5.75 Å². The highest BCUT2D eigenvalue weighted by Gasteiger charge is 2.09. The summed E-state index contributed by atoms with van der Waals surface area (Å²) in [5.41, 5.74) is 0.462. The van der Waals surface area contributed by atoms with Crippen molar-refractivity contribution in [2.24, 2.45) is 0 Å². The molecule has 80 valence electrons. The molecule has 0 fully saturated rings. The highest BCUT2D eigenvalue weighted by Crippen LogP contribution is 2.17. The average molecular weight is 215 g/mol. The SMILES string of the molecule is Oc1cccn2c(Cc3ccco3)nnc12. The topological polar surface area (TPSA) is 63.6 Å². The second-order valence-corrected chi connectivity index (χ2v) is 3.46. The first kappa shape index (κ1) is 8.96. The molecule has 0 spiro atoms. The number of hydrogen-bond acceptors (Lipinski definition) is 4. The highest BCUT2D eigenvalue weighted by atomic mass is 16.3. The summed E-state index contributed by atoms with van der Waals surface area (Å²) in [7, 11) is 0. The standard InChI is InChI=1S/C11H9N3O2/c15-9-4-1-5-14-10(12-13-11(9)14)7-8-3-2-6-16-8/h1-6,15H,7H2. The summed E-state index contributed by atoms with van der Waals surface area (Å²) in [4.78, 5) is 0. The Labute approximate surface area is 91.0 Å². The predicted octanol–water partition coefficient (Wildman–Crippen LogP) is 1.62. The van der Waals surface area contributed by atoms with Gasteiger partial charge in [0.05, 0.1) is 12.7 Å². The minimum atomic E-state index is 0.126. The van der Waals surface area contributed by atoms with E-state index in [-0.39, 0.29) is 5.75 Å². The zero-order valence-corrected chi connectivity index (χ0v) is 8.37. The van der Waals surface area contributed by atoms with E-state index in [2.05, 4.69) is 10.2 Å². The lowest BCUT2D eigenvalue weighted by molar-refractivity contribution is 0.477. The second-order valence-electron chi connectivity index (χ2n) is 3.46. The molecule has 0 aliphatic rings. The summed E-state index contributed by atoms with van der Waals surface area (Å²) in [5, 5.41) is 17.5. The van der Waals surface area contributed by atoms with Gasteiger partial charge in [-0.2, -0.15) is 0 Å². The van der Waals surface area contributed by atoms with Crippen LogP contribution in [0.25, 0.3) is 5.65 Å². The van der Waals surface area contributed by atoms with Gasteiger partial charge in [-0.05, 0) is 24.3 Å². The first-order chi connectivity index (χ1) is 7.84. The number of hydrogen-bond donors (Lipinski definition) is 1. The van der Waals surface area contributed by atoms with Crippen molar-refractivity contribution >= 4 is 5.65 Å². The van der Waals surface area contributed by atoms with Crippen molar-refractivity contribution < 1.29 is 9.52 Å². The van der Waals surface area contributed by atoms with Gasteiger partial charge in [0.1, 0.15) is 11.6 Å². The Morgan fingerprint density at radius 2 is 2.19 bits per heavy atom. The Morgan fingerprint density at radius 1 is 1.25 bits per heavy atom. The number of rotatable bonds is 2. The van der Waals surface area contributed by atoms with Crippen molar-refractivity contribution in [1.29, 1.82) is 0 Å². The van der Waals surface area contributed by atoms with Crippen LogP contribution < -0.4 is 0 Å². The predicted molar refractivity (Wildman–Crippen MR) is 56.2 cm³/mol. The third-order valence-corrected chi connectivity index (χ3v) is 2.40.